The van der Waals surface area contributed by atoms with E-state index in [1.165, 1.54) is 18.2 Å². The number of amides is 1. The fraction of sp³-hybridized carbons (Fsp3) is 0.300. The second-order valence-electron chi connectivity index (χ2n) is 6.24. The summed E-state index contributed by atoms with van der Waals surface area (Å²) in [5, 5.41) is 2.64. The summed E-state index contributed by atoms with van der Waals surface area (Å²) in [5.74, 6) is -1.84. The molecule has 1 amide bonds. The highest BCUT2D eigenvalue weighted by molar-refractivity contribution is 7.92. The van der Waals surface area contributed by atoms with Crippen molar-refractivity contribution in [3.05, 3.63) is 59.9 Å². The van der Waals surface area contributed by atoms with Gasteiger partial charge in [-0.25, -0.2) is 17.6 Å². The monoisotopic (exact) mass is 422 g/mol. The summed E-state index contributed by atoms with van der Waals surface area (Å²) in [5.41, 5.74) is -0.0536. The Morgan fingerprint density at radius 1 is 1.03 bits per heavy atom. The summed E-state index contributed by atoms with van der Waals surface area (Å²) in [7, 11) is -4.04. The zero-order chi connectivity index (χ0) is 21.3. The van der Waals surface area contributed by atoms with Crippen LogP contribution in [0.5, 0.6) is 0 Å². The van der Waals surface area contributed by atoms with Gasteiger partial charge in [0, 0.05) is 6.54 Å². The molecule has 7 nitrogen and oxygen atoms in total. The predicted octanol–water partition coefficient (Wildman–Crippen LogP) is 3.09. The maximum absolute atomic E-state index is 13.0. The highest BCUT2D eigenvalue weighted by Crippen LogP contribution is 2.21. The molecule has 29 heavy (non-hydrogen) atoms. The zero-order valence-electron chi connectivity index (χ0n) is 16.0. The molecule has 0 aliphatic rings. The van der Waals surface area contributed by atoms with Crippen molar-refractivity contribution >= 4 is 27.6 Å². The Labute approximate surface area is 169 Å². The summed E-state index contributed by atoms with van der Waals surface area (Å²) >= 11 is 0. The summed E-state index contributed by atoms with van der Waals surface area (Å²) in [4.78, 5) is 23.9. The van der Waals surface area contributed by atoms with Gasteiger partial charge in [0.1, 0.15) is 5.82 Å². The van der Waals surface area contributed by atoms with Crippen molar-refractivity contribution in [2.24, 2.45) is 0 Å². The van der Waals surface area contributed by atoms with Crippen LogP contribution in [0, 0.1) is 5.82 Å². The van der Waals surface area contributed by atoms with Gasteiger partial charge in [-0.1, -0.05) is 31.9 Å². The number of carbonyl (C=O) groups is 2. The van der Waals surface area contributed by atoms with Gasteiger partial charge < -0.3 is 10.1 Å². The molecule has 0 saturated heterocycles. The van der Waals surface area contributed by atoms with Crippen LogP contribution in [0.3, 0.4) is 0 Å². The highest BCUT2D eigenvalue weighted by Gasteiger charge is 2.20. The minimum Gasteiger partial charge on any atom is -0.452 e. The lowest BCUT2D eigenvalue weighted by Crippen LogP contribution is -2.29. The van der Waals surface area contributed by atoms with E-state index in [1.807, 2.05) is 6.92 Å². The first kappa shape index (κ1) is 22.4. The number of para-hydroxylation sites is 1. The molecule has 0 aliphatic heterocycles. The van der Waals surface area contributed by atoms with Gasteiger partial charge in [0.2, 0.25) is 0 Å². The van der Waals surface area contributed by atoms with Crippen molar-refractivity contribution in [2.75, 3.05) is 17.9 Å². The predicted molar refractivity (Wildman–Crippen MR) is 106 cm³/mol. The van der Waals surface area contributed by atoms with Crippen molar-refractivity contribution < 1.29 is 27.1 Å². The third kappa shape index (κ3) is 6.86. The van der Waals surface area contributed by atoms with Gasteiger partial charge in [-0.2, -0.15) is 0 Å². The average molecular weight is 422 g/mol. The molecule has 2 aromatic carbocycles. The van der Waals surface area contributed by atoms with E-state index in [2.05, 4.69) is 10.0 Å². The van der Waals surface area contributed by atoms with E-state index in [4.69, 9.17) is 4.74 Å². The second kappa shape index (κ2) is 10.6. The SMILES string of the molecule is CCCCCNC(=O)COC(=O)c1ccccc1NS(=O)(=O)c1ccc(F)cc1. The van der Waals surface area contributed by atoms with Crippen LogP contribution in [0.2, 0.25) is 0 Å². The molecule has 0 fully saturated rings. The molecular formula is C20H23FN2O5S. The third-order valence-corrected chi connectivity index (χ3v) is 5.33. The van der Waals surface area contributed by atoms with Crippen molar-refractivity contribution in [2.45, 2.75) is 31.1 Å². The molecule has 2 N–H and O–H groups in total. The van der Waals surface area contributed by atoms with Gasteiger partial charge in [-0.15, -0.1) is 0 Å². The summed E-state index contributed by atoms with van der Waals surface area (Å²) in [6.45, 7) is 2.08. The number of halogens is 1. The lowest BCUT2D eigenvalue weighted by Gasteiger charge is -2.12. The number of anilines is 1. The second-order valence-corrected chi connectivity index (χ2v) is 7.92. The summed E-state index contributed by atoms with van der Waals surface area (Å²) < 4.78 is 45.3. The van der Waals surface area contributed by atoms with Gasteiger partial charge in [0.15, 0.2) is 6.61 Å². The van der Waals surface area contributed by atoms with E-state index < -0.39 is 34.3 Å². The van der Waals surface area contributed by atoms with Crippen LogP contribution in [-0.4, -0.2) is 33.4 Å². The first-order chi connectivity index (χ1) is 13.8. The van der Waals surface area contributed by atoms with E-state index in [9.17, 15) is 22.4 Å². The summed E-state index contributed by atoms with van der Waals surface area (Å²) in [6, 6.07) is 10.1. The number of benzene rings is 2. The van der Waals surface area contributed by atoms with E-state index in [1.54, 1.807) is 6.07 Å². The number of sulfonamides is 1. The molecule has 0 radical (unpaired) electrons. The number of esters is 1. The average Bonchev–Trinajstić information content (AvgIpc) is 2.70. The molecule has 0 bridgehead atoms. The molecular weight excluding hydrogens is 399 g/mol. The molecule has 0 aliphatic carbocycles. The number of hydrogen-bond acceptors (Lipinski definition) is 5. The van der Waals surface area contributed by atoms with E-state index >= 15 is 0 Å². The molecule has 0 aromatic heterocycles. The van der Waals surface area contributed by atoms with Gasteiger partial charge in [-0.3, -0.25) is 9.52 Å². The van der Waals surface area contributed by atoms with E-state index in [-0.39, 0.29) is 16.1 Å². The van der Waals surface area contributed by atoms with Gasteiger partial charge in [-0.05, 0) is 42.8 Å². The molecule has 9 heteroatoms. The highest BCUT2D eigenvalue weighted by atomic mass is 32.2. The number of hydrogen-bond donors (Lipinski definition) is 2. The quantitative estimate of drug-likeness (QED) is 0.453. The number of unbranched alkanes of at least 4 members (excludes halogenated alkanes) is 2. The molecule has 0 unspecified atom stereocenters. The largest absolute Gasteiger partial charge is 0.452 e. The van der Waals surface area contributed by atoms with E-state index in [0.29, 0.717) is 6.54 Å². The maximum Gasteiger partial charge on any atom is 0.340 e. The van der Waals surface area contributed by atoms with Crippen molar-refractivity contribution in [1.82, 2.24) is 5.32 Å². The lowest BCUT2D eigenvalue weighted by molar-refractivity contribution is -0.124. The number of nitrogens with one attached hydrogen (secondary N) is 2. The summed E-state index contributed by atoms with van der Waals surface area (Å²) in [6.07, 6.45) is 2.85. The van der Waals surface area contributed by atoms with Crippen molar-refractivity contribution in [3.8, 4) is 0 Å². The van der Waals surface area contributed by atoms with Crippen molar-refractivity contribution in [1.29, 1.82) is 0 Å². The van der Waals surface area contributed by atoms with Crippen LogP contribution < -0.4 is 10.0 Å². The maximum atomic E-state index is 13.0. The van der Waals surface area contributed by atoms with Crippen LogP contribution in [0.25, 0.3) is 0 Å². The number of rotatable bonds is 10. The van der Waals surface area contributed by atoms with Crippen LogP contribution >= 0.6 is 0 Å². The zero-order valence-corrected chi connectivity index (χ0v) is 16.8. The first-order valence-electron chi connectivity index (χ1n) is 9.14. The van der Waals surface area contributed by atoms with Crippen LogP contribution in [0.4, 0.5) is 10.1 Å². The normalized spacial score (nSPS) is 11.0. The molecule has 156 valence electrons. The van der Waals surface area contributed by atoms with E-state index in [0.717, 1.165) is 43.5 Å². The first-order valence-corrected chi connectivity index (χ1v) is 10.6. The van der Waals surface area contributed by atoms with Crippen molar-refractivity contribution in [3.63, 3.8) is 0 Å². The Balaban J connectivity index is 2.03. The molecule has 0 atom stereocenters. The smallest absolute Gasteiger partial charge is 0.340 e. The Hall–Kier alpha value is -2.94. The van der Waals surface area contributed by atoms with Gasteiger partial charge >= 0.3 is 5.97 Å². The molecule has 0 spiro atoms. The number of ether oxygens (including phenoxy) is 1. The fourth-order valence-corrected chi connectivity index (χ4v) is 3.51. The molecule has 0 saturated carbocycles. The van der Waals surface area contributed by atoms with Gasteiger partial charge in [0.25, 0.3) is 15.9 Å². The number of carbonyl (C=O) groups excluding carboxylic acids is 2. The Kier molecular flexibility index (Phi) is 8.14. The molecule has 2 aromatic rings. The van der Waals surface area contributed by atoms with Crippen LogP contribution in [0.15, 0.2) is 53.4 Å². The minimum atomic E-state index is -4.04. The van der Waals surface area contributed by atoms with Crippen LogP contribution in [0.1, 0.15) is 36.5 Å². The lowest BCUT2D eigenvalue weighted by atomic mass is 10.2. The Morgan fingerprint density at radius 2 is 1.72 bits per heavy atom. The van der Waals surface area contributed by atoms with Gasteiger partial charge in [0.05, 0.1) is 16.1 Å². The Bertz CT molecular complexity index is 946. The molecule has 0 heterocycles. The fourth-order valence-electron chi connectivity index (χ4n) is 2.43. The third-order valence-electron chi connectivity index (χ3n) is 3.95. The standard InChI is InChI=1S/C20H23FN2O5S/c1-2-3-6-13-22-19(24)14-28-20(25)17-7-4-5-8-18(17)23-29(26,27)16-11-9-15(21)10-12-16/h4-5,7-12,23H,2-3,6,13-14H2,1H3,(H,22,24). The van der Waals surface area contributed by atoms with Crippen LogP contribution in [-0.2, 0) is 19.6 Å². The minimum absolute atomic E-state index is 0.00909. The topological polar surface area (TPSA) is 102 Å². The Morgan fingerprint density at radius 3 is 2.41 bits per heavy atom. The molecule has 2 rings (SSSR count).